The van der Waals surface area contributed by atoms with Crippen LogP contribution in [0.3, 0.4) is 0 Å². The first-order chi connectivity index (χ1) is 11.0. The minimum Gasteiger partial charge on any atom is -0.477 e. The van der Waals surface area contributed by atoms with Crippen LogP contribution >= 0.6 is 23.2 Å². The summed E-state index contributed by atoms with van der Waals surface area (Å²) < 4.78 is 15.0. The normalized spacial score (nSPS) is 10.7. The molecule has 0 saturated carbocycles. The summed E-state index contributed by atoms with van der Waals surface area (Å²) in [7, 11) is 0. The number of hydrogen-bond acceptors (Lipinski definition) is 2. The van der Waals surface area contributed by atoms with Gasteiger partial charge in [-0.1, -0.05) is 41.4 Å². The Morgan fingerprint density at radius 3 is 2.43 bits per heavy atom. The Labute approximate surface area is 140 Å². The van der Waals surface area contributed by atoms with Crippen molar-refractivity contribution >= 4 is 29.2 Å². The van der Waals surface area contributed by atoms with Gasteiger partial charge in [-0.15, -0.1) is 0 Å². The third kappa shape index (κ3) is 2.93. The van der Waals surface area contributed by atoms with Gasteiger partial charge in [0.05, 0.1) is 21.4 Å². The minimum atomic E-state index is -1.15. The molecule has 0 aliphatic heterocycles. The molecule has 1 aromatic heterocycles. The summed E-state index contributed by atoms with van der Waals surface area (Å²) in [6, 6.07) is 12.5. The van der Waals surface area contributed by atoms with Gasteiger partial charge in [0.25, 0.3) is 0 Å². The predicted molar refractivity (Wildman–Crippen MR) is 85.9 cm³/mol. The van der Waals surface area contributed by atoms with E-state index in [0.717, 1.165) is 6.07 Å². The molecule has 0 fully saturated rings. The number of carbonyl (C=O) groups is 1. The number of rotatable bonds is 3. The lowest BCUT2D eigenvalue weighted by atomic mass is 10.1. The molecule has 0 radical (unpaired) electrons. The lowest BCUT2D eigenvalue weighted by Crippen LogP contribution is -2.07. The maximum Gasteiger partial charge on any atom is 0.354 e. The van der Waals surface area contributed by atoms with Crippen LogP contribution in [0.2, 0.25) is 10.0 Å². The first kappa shape index (κ1) is 15.5. The minimum absolute atomic E-state index is 0.0578. The molecule has 0 atom stereocenters. The van der Waals surface area contributed by atoms with Gasteiger partial charge in [-0.25, -0.2) is 13.9 Å². The van der Waals surface area contributed by atoms with E-state index < -0.39 is 11.8 Å². The molecule has 0 amide bonds. The van der Waals surface area contributed by atoms with Gasteiger partial charge in [-0.3, -0.25) is 0 Å². The highest BCUT2D eigenvalue weighted by Crippen LogP contribution is 2.32. The molecule has 0 aliphatic carbocycles. The molecule has 0 saturated heterocycles. The summed E-state index contributed by atoms with van der Waals surface area (Å²) >= 11 is 11.8. The first-order valence-corrected chi connectivity index (χ1v) is 7.26. The highest BCUT2D eigenvalue weighted by Gasteiger charge is 2.19. The van der Waals surface area contributed by atoms with E-state index in [4.69, 9.17) is 23.2 Å². The Balaban J connectivity index is 2.20. The predicted octanol–water partition coefficient (Wildman–Crippen LogP) is 4.68. The lowest BCUT2D eigenvalue weighted by Gasteiger charge is -2.04. The van der Waals surface area contributed by atoms with E-state index in [1.54, 1.807) is 30.3 Å². The van der Waals surface area contributed by atoms with Gasteiger partial charge in [0, 0.05) is 5.56 Å². The molecule has 0 unspecified atom stereocenters. The SMILES string of the molecule is O=C(O)c1cc(-c2cc(F)c(Cl)cc2Cl)nn1-c1ccccc1. The molecule has 1 N–H and O–H groups in total. The Kier molecular flexibility index (Phi) is 4.07. The van der Waals surface area contributed by atoms with Gasteiger partial charge in [0.15, 0.2) is 5.69 Å². The topological polar surface area (TPSA) is 55.1 Å². The molecule has 0 aliphatic rings. The molecular weight excluding hydrogens is 342 g/mol. The summed E-state index contributed by atoms with van der Waals surface area (Å²) in [5.41, 5.74) is 1.02. The highest BCUT2D eigenvalue weighted by molar-refractivity contribution is 6.36. The van der Waals surface area contributed by atoms with Gasteiger partial charge in [0.2, 0.25) is 0 Å². The molecule has 23 heavy (non-hydrogen) atoms. The van der Waals surface area contributed by atoms with Gasteiger partial charge in [-0.05, 0) is 30.3 Å². The van der Waals surface area contributed by atoms with Crippen LogP contribution in [0.25, 0.3) is 16.9 Å². The smallest absolute Gasteiger partial charge is 0.354 e. The lowest BCUT2D eigenvalue weighted by molar-refractivity contribution is 0.0687. The fourth-order valence-electron chi connectivity index (χ4n) is 2.15. The van der Waals surface area contributed by atoms with Gasteiger partial charge in [-0.2, -0.15) is 5.10 Å². The van der Waals surface area contributed by atoms with Crippen molar-refractivity contribution in [3.63, 3.8) is 0 Å². The van der Waals surface area contributed by atoms with Crippen LogP contribution in [-0.2, 0) is 0 Å². The van der Waals surface area contributed by atoms with E-state index in [9.17, 15) is 14.3 Å². The number of nitrogens with zero attached hydrogens (tertiary/aromatic N) is 2. The van der Waals surface area contributed by atoms with E-state index in [-0.39, 0.29) is 27.0 Å². The Morgan fingerprint density at radius 2 is 1.78 bits per heavy atom. The number of carboxylic acids is 1. The van der Waals surface area contributed by atoms with Gasteiger partial charge < -0.3 is 5.11 Å². The van der Waals surface area contributed by atoms with Crippen molar-refractivity contribution in [3.8, 4) is 16.9 Å². The van der Waals surface area contributed by atoms with E-state index in [1.807, 2.05) is 0 Å². The van der Waals surface area contributed by atoms with Crippen LogP contribution in [-0.4, -0.2) is 20.9 Å². The van der Waals surface area contributed by atoms with Crippen LogP contribution in [0.1, 0.15) is 10.5 Å². The first-order valence-electron chi connectivity index (χ1n) is 6.51. The summed E-state index contributed by atoms with van der Waals surface area (Å²) in [5.74, 6) is -1.81. The van der Waals surface area contributed by atoms with Crippen LogP contribution in [0.4, 0.5) is 4.39 Å². The van der Waals surface area contributed by atoms with E-state index >= 15 is 0 Å². The van der Waals surface area contributed by atoms with Crippen LogP contribution in [0, 0.1) is 5.82 Å². The average molecular weight is 351 g/mol. The zero-order valence-electron chi connectivity index (χ0n) is 11.5. The number of halogens is 3. The highest BCUT2D eigenvalue weighted by atomic mass is 35.5. The molecule has 7 heteroatoms. The van der Waals surface area contributed by atoms with E-state index in [2.05, 4.69) is 5.10 Å². The molecular formula is C16H9Cl2FN2O2. The van der Waals surface area contributed by atoms with E-state index in [0.29, 0.717) is 5.69 Å². The summed E-state index contributed by atoms with van der Waals surface area (Å²) in [6.07, 6.45) is 0. The van der Waals surface area contributed by atoms with Crippen LogP contribution in [0.5, 0.6) is 0 Å². The van der Waals surface area contributed by atoms with Crippen molar-refractivity contribution in [3.05, 3.63) is 70.1 Å². The maximum absolute atomic E-state index is 13.7. The molecule has 3 rings (SSSR count). The van der Waals surface area contributed by atoms with Gasteiger partial charge >= 0.3 is 5.97 Å². The summed E-state index contributed by atoms with van der Waals surface area (Å²) in [4.78, 5) is 11.5. The maximum atomic E-state index is 13.7. The van der Waals surface area contributed by atoms with Crippen molar-refractivity contribution < 1.29 is 14.3 Å². The third-order valence-corrected chi connectivity index (χ3v) is 3.82. The third-order valence-electron chi connectivity index (χ3n) is 3.22. The molecule has 2 aromatic carbocycles. The number of hydrogen-bond donors (Lipinski definition) is 1. The molecule has 4 nitrogen and oxygen atoms in total. The fourth-order valence-corrected chi connectivity index (χ4v) is 2.63. The number of aromatic nitrogens is 2. The quantitative estimate of drug-likeness (QED) is 0.697. The second-order valence-corrected chi connectivity index (χ2v) is 5.53. The molecule has 3 aromatic rings. The van der Waals surface area contributed by atoms with Crippen molar-refractivity contribution in [2.75, 3.05) is 0 Å². The van der Waals surface area contributed by atoms with Crippen LogP contribution < -0.4 is 0 Å². The molecule has 116 valence electrons. The number of para-hydroxylation sites is 1. The number of aromatic carboxylic acids is 1. The second kappa shape index (κ2) is 6.02. The van der Waals surface area contributed by atoms with Crippen molar-refractivity contribution in [2.24, 2.45) is 0 Å². The average Bonchev–Trinajstić information content (AvgIpc) is 2.97. The van der Waals surface area contributed by atoms with Crippen molar-refractivity contribution in [2.45, 2.75) is 0 Å². The Hall–Kier alpha value is -2.37. The Morgan fingerprint density at radius 1 is 1.09 bits per heavy atom. The largest absolute Gasteiger partial charge is 0.477 e. The standard InChI is InChI=1S/C16H9Cl2FN2O2/c17-11-7-12(18)13(19)6-10(11)14-8-15(16(22)23)21(20-14)9-4-2-1-3-5-9/h1-8H,(H,22,23). The molecule has 0 bridgehead atoms. The molecule has 1 heterocycles. The van der Waals surface area contributed by atoms with Crippen molar-refractivity contribution in [1.29, 1.82) is 0 Å². The summed E-state index contributed by atoms with van der Waals surface area (Å²) in [5, 5.41) is 13.7. The fraction of sp³-hybridized carbons (Fsp3) is 0. The van der Waals surface area contributed by atoms with E-state index in [1.165, 1.54) is 16.8 Å². The Bertz CT molecular complexity index is 895. The molecule has 0 spiro atoms. The van der Waals surface area contributed by atoms with Crippen molar-refractivity contribution in [1.82, 2.24) is 9.78 Å². The van der Waals surface area contributed by atoms with Crippen LogP contribution in [0.15, 0.2) is 48.5 Å². The van der Waals surface area contributed by atoms with Gasteiger partial charge in [0.1, 0.15) is 5.82 Å². The number of benzene rings is 2. The monoisotopic (exact) mass is 350 g/mol. The zero-order chi connectivity index (χ0) is 16.6. The number of carboxylic acid groups (broad SMARTS) is 1. The summed E-state index contributed by atoms with van der Waals surface area (Å²) in [6.45, 7) is 0. The zero-order valence-corrected chi connectivity index (χ0v) is 13.0. The second-order valence-electron chi connectivity index (χ2n) is 4.71.